The molecule has 0 bridgehead atoms. The van der Waals surface area contributed by atoms with Crippen molar-refractivity contribution >= 4 is 8.07 Å². The summed E-state index contributed by atoms with van der Waals surface area (Å²) in [7, 11) is -1.38. The van der Waals surface area contributed by atoms with E-state index in [0.29, 0.717) is 0 Å². The molecule has 13 unspecified atom stereocenters. The average molecular weight is 531 g/mol. The molecule has 38 heavy (non-hydrogen) atoms. The maximum atomic E-state index is 2.95. The molecule has 210 valence electrons. The predicted octanol–water partition coefficient (Wildman–Crippen LogP) is 11.0. The van der Waals surface area contributed by atoms with Gasteiger partial charge in [-0.3, -0.25) is 0 Å². The summed E-state index contributed by atoms with van der Waals surface area (Å²) in [6.07, 6.45) is 21.8. The Balaban J connectivity index is 1.18. The summed E-state index contributed by atoms with van der Waals surface area (Å²) in [4.78, 5) is 0. The van der Waals surface area contributed by atoms with Crippen LogP contribution in [0.5, 0.6) is 0 Å². The van der Waals surface area contributed by atoms with Crippen molar-refractivity contribution in [3.8, 4) is 0 Å². The van der Waals surface area contributed by atoms with Crippen molar-refractivity contribution in [3.63, 3.8) is 0 Å². The molecule has 6 aliphatic rings. The van der Waals surface area contributed by atoms with E-state index in [0.717, 1.165) is 76.2 Å². The molecule has 0 aromatic heterocycles. The fraction of sp³-hybridized carbons (Fsp3) is 0.838. The van der Waals surface area contributed by atoms with E-state index >= 15 is 0 Å². The van der Waals surface area contributed by atoms with Gasteiger partial charge in [0.15, 0.2) is 0 Å². The minimum atomic E-state index is -1.38. The van der Waals surface area contributed by atoms with Gasteiger partial charge < -0.3 is 0 Å². The average Bonchev–Trinajstić information content (AvgIpc) is 3.71. The van der Waals surface area contributed by atoms with Gasteiger partial charge in [-0.1, -0.05) is 109 Å². The van der Waals surface area contributed by atoms with E-state index in [4.69, 9.17) is 0 Å². The molecule has 1 aromatic carbocycles. The molecule has 6 aliphatic carbocycles. The van der Waals surface area contributed by atoms with Gasteiger partial charge in [0.25, 0.3) is 0 Å². The topological polar surface area (TPSA) is 0 Å². The molecule has 0 amide bonds. The third kappa shape index (κ3) is 4.25. The van der Waals surface area contributed by atoms with Crippen LogP contribution >= 0.6 is 0 Å². The van der Waals surface area contributed by atoms with Gasteiger partial charge in [0, 0.05) is 0 Å². The smallest absolute Gasteiger partial charge is 0.0541 e. The molecule has 0 nitrogen and oxygen atoms in total. The van der Waals surface area contributed by atoms with Crippen LogP contribution in [-0.2, 0) is 0 Å². The summed E-state index contributed by atoms with van der Waals surface area (Å²) in [6, 6.07) is 11.9. The first-order valence-electron chi connectivity index (χ1n) is 17.5. The molecule has 0 aliphatic heterocycles. The Kier molecular flexibility index (Phi) is 7.19. The van der Waals surface area contributed by atoms with E-state index in [9.17, 15) is 0 Å². The monoisotopic (exact) mass is 530 g/mol. The summed E-state index contributed by atoms with van der Waals surface area (Å²) in [5, 5.41) is 0. The Morgan fingerprint density at radius 2 is 1.34 bits per heavy atom. The van der Waals surface area contributed by atoms with Gasteiger partial charge in [0.2, 0.25) is 0 Å². The molecule has 0 saturated heterocycles. The summed E-state index contributed by atoms with van der Waals surface area (Å²) >= 11 is 0. The number of benzene rings is 1. The van der Waals surface area contributed by atoms with Crippen LogP contribution in [0.3, 0.4) is 0 Å². The van der Waals surface area contributed by atoms with Crippen molar-refractivity contribution in [1.29, 1.82) is 0 Å². The zero-order chi connectivity index (χ0) is 26.0. The SMILES string of the molecule is CCCC(C)C1CC([Si](C)(C)C2CCC3C2CC2CCCC2C3c2ccccc2)C2CC3CCCC3CC12. The Bertz CT molecular complexity index is 951. The second-order valence-corrected chi connectivity index (χ2v) is 21.5. The van der Waals surface area contributed by atoms with Gasteiger partial charge in [0.1, 0.15) is 0 Å². The van der Waals surface area contributed by atoms with Crippen molar-refractivity contribution in [2.45, 2.75) is 134 Å². The lowest BCUT2D eigenvalue weighted by atomic mass is 9.62. The van der Waals surface area contributed by atoms with Crippen molar-refractivity contribution in [2.24, 2.45) is 59.2 Å². The quantitative estimate of drug-likeness (QED) is 0.321. The third-order valence-corrected chi connectivity index (χ3v) is 20.0. The standard InChI is InChI=1S/C37H58Si/c1-5-11-24(2)31-23-36(34-21-27-15-9-14-26(27)20-32(31)34)38(3,4)35-19-18-30-33(35)22-28-16-10-17-29(28)37(30)25-12-7-6-8-13-25/h6-8,12-13,24,26-37H,5,9-11,14-23H2,1-4H3. The fourth-order valence-electron chi connectivity index (χ4n) is 13.3. The second-order valence-electron chi connectivity index (χ2n) is 16.4. The molecular formula is C37H58Si. The Labute approximate surface area is 236 Å². The summed E-state index contributed by atoms with van der Waals surface area (Å²) in [5.41, 5.74) is 3.94. The van der Waals surface area contributed by atoms with E-state index in [1.165, 1.54) is 25.7 Å². The first-order chi connectivity index (χ1) is 18.5. The van der Waals surface area contributed by atoms with Gasteiger partial charge in [-0.15, -0.1) is 0 Å². The summed E-state index contributed by atoms with van der Waals surface area (Å²) in [6.45, 7) is 11.0. The lowest BCUT2D eigenvalue weighted by Gasteiger charge is -2.49. The van der Waals surface area contributed by atoms with Gasteiger partial charge in [-0.25, -0.2) is 0 Å². The minimum absolute atomic E-state index is 0.875. The highest BCUT2D eigenvalue weighted by atomic mass is 28.3. The van der Waals surface area contributed by atoms with Crippen LogP contribution in [-0.4, -0.2) is 8.07 Å². The van der Waals surface area contributed by atoms with E-state index in [-0.39, 0.29) is 0 Å². The van der Waals surface area contributed by atoms with Crippen LogP contribution in [0.4, 0.5) is 0 Å². The van der Waals surface area contributed by atoms with Crippen LogP contribution in [0.15, 0.2) is 30.3 Å². The Hall–Kier alpha value is -0.563. The van der Waals surface area contributed by atoms with E-state index < -0.39 is 8.07 Å². The van der Waals surface area contributed by atoms with Gasteiger partial charge in [-0.05, 0) is 120 Å². The lowest BCUT2D eigenvalue weighted by Crippen LogP contribution is -2.46. The largest absolute Gasteiger partial charge is 0.0689 e. The molecule has 7 rings (SSSR count). The first-order valence-corrected chi connectivity index (χ1v) is 20.7. The molecule has 1 aromatic rings. The van der Waals surface area contributed by atoms with Crippen LogP contribution in [0.1, 0.15) is 115 Å². The molecule has 6 saturated carbocycles. The Morgan fingerprint density at radius 1 is 0.684 bits per heavy atom. The van der Waals surface area contributed by atoms with E-state index in [1.54, 1.807) is 69.8 Å². The molecule has 0 radical (unpaired) electrons. The zero-order valence-corrected chi connectivity index (χ0v) is 26.3. The highest BCUT2D eigenvalue weighted by Crippen LogP contribution is 2.68. The number of hydrogen-bond acceptors (Lipinski definition) is 0. The van der Waals surface area contributed by atoms with Crippen molar-refractivity contribution in [2.75, 3.05) is 0 Å². The van der Waals surface area contributed by atoms with Crippen molar-refractivity contribution in [1.82, 2.24) is 0 Å². The van der Waals surface area contributed by atoms with Gasteiger partial charge in [0.05, 0.1) is 8.07 Å². The van der Waals surface area contributed by atoms with Crippen LogP contribution < -0.4 is 0 Å². The second kappa shape index (κ2) is 10.4. The van der Waals surface area contributed by atoms with Gasteiger partial charge in [-0.2, -0.15) is 0 Å². The fourth-order valence-corrected chi connectivity index (χ4v) is 18.6. The van der Waals surface area contributed by atoms with E-state index in [2.05, 4.69) is 57.3 Å². The molecule has 0 spiro atoms. The maximum absolute atomic E-state index is 2.95. The third-order valence-electron chi connectivity index (χ3n) is 14.8. The normalized spacial score (nSPS) is 46.8. The summed E-state index contributed by atoms with van der Waals surface area (Å²) < 4.78 is 0. The highest BCUT2D eigenvalue weighted by Gasteiger charge is 2.60. The molecular weight excluding hydrogens is 472 g/mol. The molecule has 6 fully saturated rings. The van der Waals surface area contributed by atoms with Crippen LogP contribution in [0.2, 0.25) is 24.2 Å². The van der Waals surface area contributed by atoms with Crippen molar-refractivity contribution < 1.29 is 0 Å². The predicted molar refractivity (Wildman–Crippen MR) is 165 cm³/mol. The number of fused-ring (bicyclic) bond motifs is 4. The minimum Gasteiger partial charge on any atom is -0.0689 e. The molecule has 0 heterocycles. The summed E-state index contributed by atoms with van der Waals surface area (Å²) in [5.74, 6) is 11.4. The molecule has 0 N–H and O–H groups in total. The first kappa shape index (κ1) is 26.3. The number of rotatable bonds is 6. The van der Waals surface area contributed by atoms with E-state index in [1.807, 2.05) is 0 Å². The Morgan fingerprint density at radius 3 is 2.11 bits per heavy atom. The van der Waals surface area contributed by atoms with Gasteiger partial charge >= 0.3 is 0 Å². The number of hydrogen-bond donors (Lipinski definition) is 0. The van der Waals surface area contributed by atoms with Crippen LogP contribution in [0.25, 0.3) is 0 Å². The van der Waals surface area contributed by atoms with Crippen molar-refractivity contribution in [3.05, 3.63) is 35.9 Å². The lowest BCUT2D eigenvalue weighted by molar-refractivity contribution is 0.107. The molecule has 13 atom stereocenters. The highest BCUT2D eigenvalue weighted by molar-refractivity contribution is 6.80. The zero-order valence-electron chi connectivity index (χ0n) is 25.3. The maximum Gasteiger partial charge on any atom is 0.0541 e. The van der Waals surface area contributed by atoms with Crippen LogP contribution in [0, 0.1) is 59.2 Å². The molecule has 1 heteroatoms.